The van der Waals surface area contributed by atoms with Crippen molar-refractivity contribution in [1.82, 2.24) is 10.2 Å². The van der Waals surface area contributed by atoms with Gasteiger partial charge < -0.3 is 10.2 Å². The summed E-state index contributed by atoms with van der Waals surface area (Å²) in [6.07, 6.45) is 7.76. The highest BCUT2D eigenvalue weighted by molar-refractivity contribution is 5.82. The molecule has 1 saturated carbocycles. The van der Waals surface area contributed by atoms with Crippen LogP contribution in [0.3, 0.4) is 0 Å². The van der Waals surface area contributed by atoms with Crippen molar-refractivity contribution in [1.29, 1.82) is 5.26 Å². The Hall–Kier alpha value is -1.08. The highest BCUT2D eigenvalue weighted by atomic mass is 16.2. The number of amides is 1. The third-order valence-corrected chi connectivity index (χ3v) is 4.64. The molecule has 0 aromatic heterocycles. The van der Waals surface area contributed by atoms with Crippen molar-refractivity contribution in [3.63, 3.8) is 0 Å². The SMILES string of the molecule is CCN(CCC#N)C(=O)C1CCC2CCCCC2N1. The lowest BCUT2D eigenvalue weighted by Gasteiger charge is -2.41. The van der Waals surface area contributed by atoms with Crippen molar-refractivity contribution < 1.29 is 4.79 Å². The molecule has 0 aromatic carbocycles. The molecule has 1 aliphatic carbocycles. The van der Waals surface area contributed by atoms with Crippen LogP contribution in [-0.2, 0) is 4.79 Å². The summed E-state index contributed by atoms with van der Waals surface area (Å²) in [5.74, 6) is 0.980. The number of rotatable bonds is 4. The summed E-state index contributed by atoms with van der Waals surface area (Å²) in [6.45, 7) is 3.26. The smallest absolute Gasteiger partial charge is 0.239 e. The molecular formula is C15H25N3O. The Bertz CT molecular complexity index is 350. The van der Waals surface area contributed by atoms with Crippen molar-refractivity contribution in [2.75, 3.05) is 13.1 Å². The number of nitriles is 1. The van der Waals surface area contributed by atoms with Crippen LogP contribution in [0, 0.1) is 17.2 Å². The van der Waals surface area contributed by atoms with Crippen molar-refractivity contribution in [2.45, 2.75) is 64.0 Å². The molecule has 1 amide bonds. The second-order valence-corrected chi connectivity index (χ2v) is 5.77. The largest absolute Gasteiger partial charge is 0.341 e. The van der Waals surface area contributed by atoms with Gasteiger partial charge in [-0.25, -0.2) is 0 Å². The second kappa shape index (κ2) is 6.91. The van der Waals surface area contributed by atoms with Crippen LogP contribution in [0.15, 0.2) is 0 Å². The molecule has 0 aromatic rings. The fourth-order valence-electron chi connectivity index (χ4n) is 3.52. The third-order valence-electron chi connectivity index (χ3n) is 4.64. The molecule has 3 atom stereocenters. The van der Waals surface area contributed by atoms with Gasteiger partial charge >= 0.3 is 0 Å². The van der Waals surface area contributed by atoms with Gasteiger partial charge in [0.05, 0.1) is 18.5 Å². The first-order chi connectivity index (χ1) is 9.26. The number of carbonyl (C=O) groups is 1. The first-order valence-corrected chi connectivity index (χ1v) is 7.68. The van der Waals surface area contributed by atoms with Gasteiger partial charge in [-0.1, -0.05) is 12.8 Å². The number of nitrogens with zero attached hydrogens (tertiary/aromatic N) is 2. The van der Waals surface area contributed by atoms with Crippen molar-refractivity contribution in [2.24, 2.45) is 5.92 Å². The van der Waals surface area contributed by atoms with Crippen LogP contribution in [0.2, 0.25) is 0 Å². The third kappa shape index (κ3) is 3.48. The molecule has 106 valence electrons. The maximum absolute atomic E-state index is 12.5. The fourth-order valence-corrected chi connectivity index (χ4v) is 3.52. The van der Waals surface area contributed by atoms with Crippen LogP contribution in [0.25, 0.3) is 0 Å². The first-order valence-electron chi connectivity index (χ1n) is 7.68. The Balaban J connectivity index is 1.90. The minimum atomic E-state index is -0.0157. The van der Waals surface area contributed by atoms with Gasteiger partial charge in [-0.05, 0) is 38.5 Å². The first kappa shape index (κ1) is 14.3. The van der Waals surface area contributed by atoms with Gasteiger partial charge in [0.1, 0.15) is 0 Å². The number of hydrogen-bond donors (Lipinski definition) is 1. The van der Waals surface area contributed by atoms with E-state index in [0.717, 1.165) is 12.3 Å². The van der Waals surface area contributed by atoms with E-state index in [1.807, 2.05) is 11.8 Å². The predicted molar refractivity (Wildman–Crippen MR) is 74.4 cm³/mol. The zero-order valence-electron chi connectivity index (χ0n) is 11.9. The zero-order chi connectivity index (χ0) is 13.7. The van der Waals surface area contributed by atoms with E-state index < -0.39 is 0 Å². The van der Waals surface area contributed by atoms with Gasteiger partial charge in [-0.2, -0.15) is 5.26 Å². The summed E-state index contributed by atoms with van der Waals surface area (Å²) in [4.78, 5) is 14.3. The van der Waals surface area contributed by atoms with Gasteiger partial charge in [-0.15, -0.1) is 0 Å². The van der Waals surface area contributed by atoms with E-state index >= 15 is 0 Å². The van der Waals surface area contributed by atoms with Gasteiger partial charge in [0.25, 0.3) is 0 Å². The summed E-state index contributed by atoms with van der Waals surface area (Å²) in [7, 11) is 0. The molecule has 3 unspecified atom stereocenters. The molecule has 1 aliphatic heterocycles. The number of piperidine rings is 1. The van der Waals surface area contributed by atoms with Crippen LogP contribution in [0.5, 0.6) is 0 Å². The molecule has 1 saturated heterocycles. The number of likely N-dealkylation sites (N-methyl/N-ethyl adjacent to an activating group) is 1. The summed E-state index contributed by atoms with van der Waals surface area (Å²) in [5.41, 5.74) is 0. The highest BCUT2D eigenvalue weighted by Crippen LogP contribution is 2.32. The number of fused-ring (bicyclic) bond motifs is 1. The van der Waals surface area contributed by atoms with E-state index in [1.165, 1.54) is 32.1 Å². The minimum Gasteiger partial charge on any atom is -0.341 e. The van der Waals surface area contributed by atoms with E-state index in [2.05, 4.69) is 11.4 Å². The Morgan fingerprint density at radius 3 is 2.84 bits per heavy atom. The number of nitrogens with one attached hydrogen (secondary N) is 1. The quantitative estimate of drug-likeness (QED) is 0.844. The van der Waals surface area contributed by atoms with E-state index in [-0.39, 0.29) is 11.9 Å². The molecule has 0 bridgehead atoms. The molecular weight excluding hydrogens is 238 g/mol. The predicted octanol–water partition coefficient (Wildman–Crippen LogP) is 2.06. The van der Waals surface area contributed by atoms with Gasteiger partial charge in [-0.3, -0.25) is 4.79 Å². The highest BCUT2D eigenvalue weighted by Gasteiger charge is 2.35. The van der Waals surface area contributed by atoms with Crippen molar-refractivity contribution >= 4 is 5.91 Å². The van der Waals surface area contributed by atoms with E-state index in [9.17, 15) is 4.79 Å². The lowest BCUT2D eigenvalue weighted by atomic mass is 9.77. The minimum absolute atomic E-state index is 0.0157. The lowest BCUT2D eigenvalue weighted by molar-refractivity contribution is -0.134. The van der Waals surface area contributed by atoms with Crippen molar-refractivity contribution in [3.05, 3.63) is 0 Å². The lowest BCUT2D eigenvalue weighted by Crippen LogP contribution is -2.55. The molecule has 1 heterocycles. The molecule has 2 rings (SSSR count). The average molecular weight is 263 g/mol. The van der Waals surface area contributed by atoms with E-state index in [0.29, 0.717) is 25.6 Å². The molecule has 4 nitrogen and oxygen atoms in total. The molecule has 4 heteroatoms. The summed E-state index contributed by atoms with van der Waals surface area (Å²) in [5, 5.41) is 12.2. The monoisotopic (exact) mass is 263 g/mol. The van der Waals surface area contributed by atoms with E-state index in [1.54, 1.807) is 0 Å². The van der Waals surface area contributed by atoms with Gasteiger partial charge in [0.2, 0.25) is 5.91 Å². The molecule has 2 fully saturated rings. The van der Waals surface area contributed by atoms with Crippen LogP contribution < -0.4 is 5.32 Å². The maximum Gasteiger partial charge on any atom is 0.239 e. The topological polar surface area (TPSA) is 56.1 Å². The molecule has 1 N–H and O–H groups in total. The zero-order valence-corrected chi connectivity index (χ0v) is 11.9. The van der Waals surface area contributed by atoms with E-state index in [4.69, 9.17) is 5.26 Å². The Labute approximate surface area is 116 Å². The molecule has 0 radical (unpaired) electrons. The normalized spacial score (nSPS) is 30.2. The molecule has 2 aliphatic rings. The number of carbonyl (C=O) groups excluding carboxylic acids is 1. The van der Waals surface area contributed by atoms with Crippen LogP contribution >= 0.6 is 0 Å². The summed E-state index contributed by atoms with van der Waals surface area (Å²) < 4.78 is 0. The van der Waals surface area contributed by atoms with Gasteiger partial charge in [0, 0.05) is 19.1 Å². The van der Waals surface area contributed by atoms with Crippen molar-refractivity contribution in [3.8, 4) is 6.07 Å². The number of hydrogen-bond acceptors (Lipinski definition) is 3. The fraction of sp³-hybridized carbons (Fsp3) is 0.867. The summed E-state index contributed by atoms with van der Waals surface area (Å²) in [6, 6.07) is 2.65. The van der Waals surface area contributed by atoms with Gasteiger partial charge in [0.15, 0.2) is 0 Å². The summed E-state index contributed by atoms with van der Waals surface area (Å²) >= 11 is 0. The second-order valence-electron chi connectivity index (χ2n) is 5.77. The Kier molecular flexibility index (Phi) is 5.21. The standard InChI is InChI=1S/C15H25N3O/c1-2-18(11-5-10-16)15(19)14-9-8-12-6-3-4-7-13(12)17-14/h12-14,17H,2-9,11H2,1H3. The van der Waals surface area contributed by atoms with Crippen LogP contribution in [0.4, 0.5) is 0 Å². The molecule has 0 spiro atoms. The Morgan fingerprint density at radius 2 is 2.11 bits per heavy atom. The average Bonchev–Trinajstić information content (AvgIpc) is 2.47. The maximum atomic E-state index is 12.5. The molecule has 19 heavy (non-hydrogen) atoms. The van der Waals surface area contributed by atoms with Crippen LogP contribution in [0.1, 0.15) is 51.9 Å². The van der Waals surface area contributed by atoms with Crippen LogP contribution in [-0.4, -0.2) is 36.0 Å². The Morgan fingerprint density at radius 1 is 1.32 bits per heavy atom.